The maximum atomic E-state index is 9.43. The molecule has 3 rings (SSSR count). The Balaban J connectivity index is 1.90. The molecule has 0 saturated carbocycles. The summed E-state index contributed by atoms with van der Waals surface area (Å²) in [4.78, 5) is 4.32. The number of aromatic nitrogens is 1. The van der Waals surface area contributed by atoms with E-state index in [9.17, 15) is 5.11 Å². The lowest BCUT2D eigenvalue weighted by molar-refractivity contribution is 0.308. The van der Waals surface area contributed by atoms with E-state index in [0.717, 1.165) is 16.5 Å². The predicted octanol–water partition coefficient (Wildman–Crippen LogP) is 3.10. The number of nitrogens with zero attached hydrogens (tertiary/aromatic N) is 1. The third kappa shape index (κ3) is 2.36. The molecule has 20 heavy (non-hydrogen) atoms. The summed E-state index contributed by atoms with van der Waals surface area (Å²) in [6.07, 6.45) is 1.71. The van der Waals surface area contributed by atoms with Gasteiger partial charge < -0.3 is 15.6 Å². The molecule has 2 aromatic carbocycles. The number of fused-ring (bicyclic) bond motifs is 1. The van der Waals surface area contributed by atoms with Crippen LogP contribution in [0.15, 0.2) is 54.7 Å². The van der Waals surface area contributed by atoms with Crippen LogP contribution in [-0.4, -0.2) is 10.1 Å². The molecule has 0 unspecified atom stereocenters. The number of nitrogen functional groups attached to an aromatic ring is 1. The van der Waals surface area contributed by atoms with Crippen LogP contribution in [0.25, 0.3) is 10.9 Å². The molecule has 4 heteroatoms. The van der Waals surface area contributed by atoms with Crippen molar-refractivity contribution in [2.24, 2.45) is 0 Å². The molecule has 0 bridgehead atoms. The van der Waals surface area contributed by atoms with E-state index in [4.69, 9.17) is 10.5 Å². The number of phenols is 1. The minimum Gasteiger partial charge on any atom is -0.508 e. The van der Waals surface area contributed by atoms with Crippen molar-refractivity contribution in [1.82, 2.24) is 4.98 Å². The Kier molecular flexibility index (Phi) is 3.13. The van der Waals surface area contributed by atoms with Crippen LogP contribution in [0.2, 0.25) is 0 Å². The van der Waals surface area contributed by atoms with E-state index >= 15 is 0 Å². The quantitative estimate of drug-likeness (QED) is 0.715. The summed E-state index contributed by atoms with van der Waals surface area (Å²) in [6, 6.07) is 14.4. The van der Waals surface area contributed by atoms with Crippen LogP contribution >= 0.6 is 0 Å². The van der Waals surface area contributed by atoms with E-state index in [1.807, 2.05) is 30.3 Å². The van der Waals surface area contributed by atoms with Crippen molar-refractivity contribution in [3.05, 3.63) is 60.3 Å². The number of hydrogen-bond acceptors (Lipinski definition) is 4. The fourth-order valence-electron chi connectivity index (χ4n) is 2.09. The number of phenolic OH excluding ortho intramolecular Hbond substituents is 1. The van der Waals surface area contributed by atoms with Gasteiger partial charge in [-0.1, -0.05) is 12.1 Å². The lowest BCUT2D eigenvalue weighted by Crippen LogP contribution is -1.98. The van der Waals surface area contributed by atoms with Gasteiger partial charge in [0.1, 0.15) is 23.6 Å². The molecule has 0 aliphatic carbocycles. The van der Waals surface area contributed by atoms with Gasteiger partial charge in [-0.15, -0.1) is 0 Å². The van der Waals surface area contributed by atoms with Crippen LogP contribution in [0, 0.1) is 0 Å². The highest BCUT2D eigenvalue weighted by Crippen LogP contribution is 2.28. The maximum absolute atomic E-state index is 9.43. The van der Waals surface area contributed by atoms with Gasteiger partial charge >= 0.3 is 0 Å². The van der Waals surface area contributed by atoms with Crippen molar-refractivity contribution >= 4 is 16.6 Å². The van der Waals surface area contributed by atoms with Crippen molar-refractivity contribution in [3.63, 3.8) is 0 Å². The first-order valence-corrected chi connectivity index (χ1v) is 6.28. The summed E-state index contributed by atoms with van der Waals surface area (Å²) in [7, 11) is 0. The summed E-state index contributed by atoms with van der Waals surface area (Å²) in [5, 5.41) is 10.3. The monoisotopic (exact) mass is 266 g/mol. The van der Waals surface area contributed by atoms with Crippen molar-refractivity contribution in [3.8, 4) is 11.5 Å². The first kappa shape index (κ1) is 12.3. The van der Waals surface area contributed by atoms with Gasteiger partial charge in [-0.3, -0.25) is 4.98 Å². The number of rotatable bonds is 3. The fraction of sp³-hybridized carbons (Fsp3) is 0.0625. The van der Waals surface area contributed by atoms with Gasteiger partial charge in [0.25, 0.3) is 0 Å². The molecule has 0 radical (unpaired) electrons. The Morgan fingerprint density at radius 1 is 1.10 bits per heavy atom. The van der Waals surface area contributed by atoms with Crippen LogP contribution in [0.4, 0.5) is 5.69 Å². The minimum absolute atomic E-state index is 0.228. The normalized spacial score (nSPS) is 10.6. The second kappa shape index (κ2) is 5.09. The molecule has 0 atom stereocenters. The van der Waals surface area contributed by atoms with Crippen LogP contribution in [0.3, 0.4) is 0 Å². The molecule has 100 valence electrons. The zero-order valence-electron chi connectivity index (χ0n) is 10.8. The SMILES string of the molecule is Nc1ccc(OCc2cccc(O)c2)c2ncccc12. The standard InChI is InChI=1S/C16H14N2O2/c17-14-6-7-15(16-13(14)5-2-8-18-16)20-10-11-3-1-4-12(19)9-11/h1-9,19H,10,17H2. The molecule has 0 spiro atoms. The molecule has 0 aliphatic heterocycles. The Morgan fingerprint density at radius 3 is 2.85 bits per heavy atom. The number of ether oxygens (including phenoxy) is 1. The molecule has 0 saturated heterocycles. The third-order valence-electron chi connectivity index (χ3n) is 3.07. The fourth-order valence-corrected chi connectivity index (χ4v) is 2.09. The molecular formula is C16H14N2O2. The zero-order valence-corrected chi connectivity index (χ0v) is 10.8. The maximum Gasteiger partial charge on any atom is 0.146 e. The Hall–Kier alpha value is -2.75. The topological polar surface area (TPSA) is 68.4 Å². The Morgan fingerprint density at radius 2 is 2.00 bits per heavy atom. The predicted molar refractivity (Wildman–Crippen MR) is 78.6 cm³/mol. The number of nitrogens with two attached hydrogens (primary N) is 1. The summed E-state index contributed by atoms with van der Waals surface area (Å²) < 4.78 is 5.79. The van der Waals surface area contributed by atoms with Crippen LogP contribution in [-0.2, 0) is 6.61 Å². The highest BCUT2D eigenvalue weighted by atomic mass is 16.5. The number of pyridine rings is 1. The molecule has 1 aromatic heterocycles. The van der Waals surface area contributed by atoms with E-state index in [1.165, 1.54) is 0 Å². The van der Waals surface area contributed by atoms with E-state index in [2.05, 4.69) is 4.98 Å². The van der Waals surface area contributed by atoms with Crippen LogP contribution in [0.1, 0.15) is 5.56 Å². The molecule has 1 heterocycles. The van der Waals surface area contributed by atoms with Gasteiger partial charge in [-0.05, 0) is 42.0 Å². The molecular weight excluding hydrogens is 252 g/mol. The van der Waals surface area contributed by atoms with Gasteiger partial charge in [0, 0.05) is 17.3 Å². The van der Waals surface area contributed by atoms with Gasteiger partial charge in [-0.25, -0.2) is 0 Å². The number of anilines is 1. The largest absolute Gasteiger partial charge is 0.508 e. The molecule has 3 aromatic rings. The first-order chi connectivity index (χ1) is 9.74. The minimum atomic E-state index is 0.228. The average Bonchev–Trinajstić information content (AvgIpc) is 2.47. The Labute approximate surface area is 116 Å². The molecule has 0 fully saturated rings. The molecule has 3 N–H and O–H groups in total. The van der Waals surface area contributed by atoms with E-state index in [1.54, 1.807) is 24.4 Å². The Bertz CT molecular complexity index is 756. The first-order valence-electron chi connectivity index (χ1n) is 6.28. The van der Waals surface area contributed by atoms with Crippen molar-refractivity contribution in [2.75, 3.05) is 5.73 Å². The number of hydrogen-bond donors (Lipinski definition) is 2. The van der Waals surface area contributed by atoms with Gasteiger partial charge in [-0.2, -0.15) is 0 Å². The summed E-state index contributed by atoms with van der Waals surface area (Å²) in [5.74, 6) is 0.907. The zero-order chi connectivity index (χ0) is 13.9. The molecule has 4 nitrogen and oxygen atoms in total. The van der Waals surface area contributed by atoms with Gasteiger partial charge in [0.2, 0.25) is 0 Å². The van der Waals surface area contributed by atoms with Gasteiger partial charge in [0.05, 0.1) is 0 Å². The molecule has 0 amide bonds. The second-order valence-corrected chi connectivity index (χ2v) is 4.51. The third-order valence-corrected chi connectivity index (χ3v) is 3.07. The van der Waals surface area contributed by atoms with E-state index in [0.29, 0.717) is 18.0 Å². The summed E-state index contributed by atoms with van der Waals surface area (Å²) in [5.41, 5.74) is 8.24. The van der Waals surface area contributed by atoms with Crippen molar-refractivity contribution in [1.29, 1.82) is 0 Å². The highest BCUT2D eigenvalue weighted by Gasteiger charge is 2.06. The van der Waals surface area contributed by atoms with E-state index in [-0.39, 0.29) is 5.75 Å². The lowest BCUT2D eigenvalue weighted by atomic mass is 10.1. The van der Waals surface area contributed by atoms with Crippen molar-refractivity contribution in [2.45, 2.75) is 6.61 Å². The van der Waals surface area contributed by atoms with Gasteiger partial charge in [0.15, 0.2) is 0 Å². The summed E-state index contributed by atoms with van der Waals surface area (Å²) >= 11 is 0. The van der Waals surface area contributed by atoms with Crippen LogP contribution in [0.5, 0.6) is 11.5 Å². The summed E-state index contributed by atoms with van der Waals surface area (Å²) in [6.45, 7) is 0.365. The lowest BCUT2D eigenvalue weighted by Gasteiger charge is -2.10. The smallest absolute Gasteiger partial charge is 0.146 e. The van der Waals surface area contributed by atoms with Crippen LogP contribution < -0.4 is 10.5 Å². The number of aromatic hydroxyl groups is 1. The average molecular weight is 266 g/mol. The molecule has 0 aliphatic rings. The number of benzene rings is 2. The highest BCUT2D eigenvalue weighted by molar-refractivity contribution is 5.94. The second-order valence-electron chi connectivity index (χ2n) is 4.51. The van der Waals surface area contributed by atoms with Crippen molar-refractivity contribution < 1.29 is 9.84 Å². The van der Waals surface area contributed by atoms with E-state index < -0.39 is 0 Å².